The summed E-state index contributed by atoms with van der Waals surface area (Å²) < 4.78 is 38.6. The van der Waals surface area contributed by atoms with Crippen LogP contribution in [0, 0.1) is 0 Å². The molecule has 2 nitrogen and oxygen atoms in total. The van der Waals surface area contributed by atoms with Crippen molar-refractivity contribution in [2.24, 2.45) is 0 Å². The maximum Gasteiger partial charge on any atom is 0.416 e. The van der Waals surface area contributed by atoms with Crippen molar-refractivity contribution in [2.45, 2.75) is 43.9 Å². The molecule has 1 aliphatic heterocycles. The molecule has 1 aliphatic rings. The Morgan fingerprint density at radius 3 is 1.93 bits per heavy atom. The van der Waals surface area contributed by atoms with E-state index < -0.39 is 17.3 Å². The highest BCUT2D eigenvalue weighted by Crippen LogP contribution is 2.36. The monoisotopic (exact) mass is 377 g/mol. The van der Waals surface area contributed by atoms with Gasteiger partial charge in [0.05, 0.1) is 5.56 Å². The zero-order chi connectivity index (χ0) is 19.3. The number of rotatable bonds is 6. The first-order valence-electron chi connectivity index (χ1n) is 9.57. The highest BCUT2D eigenvalue weighted by atomic mass is 19.4. The fourth-order valence-electron chi connectivity index (χ4n) is 3.85. The number of piperidine rings is 1. The van der Waals surface area contributed by atoms with Crippen LogP contribution in [0.25, 0.3) is 0 Å². The number of likely N-dealkylation sites (tertiary alicyclic amines) is 1. The normalized spacial score (nSPS) is 18.2. The van der Waals surface area contributed by atoms with E-state index in [1.807, 2.05) is 30.3 Å². The first kappa shape index (κ1) is 19.9. The van der Waals surface area contributed by atoms with Crippen LogP contribution in [-0.2, 0) is 11.8 Å². The minimum Gasteiger partial charge on any atom is -0.380 e. The Kier molecular flexibility index (Phi) is 6.22. The summed E-state index contributed by atoms with van der Waals surface area (Å²) in [4.78, 5) is 2.40. The van der Waals surface area contributed by atoms with Gasteiger partial charge >= 0.3 is 6.18 Å². The van der Waals surface area contributed by atoms with Gasteiger partial charge in [0.2, 0.25) is 0 Å². The molecule has 0 unspecified atom stereocenters. The Morgan fingerprint density at radius 2 is 1.33 bits per heavy atom. The molecule has 1 saturated heterocycles. The summed E-state index contributed by atoms with van der Waals surface area (Å²) in [7, 11) is 0. The molecule has 5 heteroatoms. The highest BCUT2D eigenvalue weighted by Gasteiger charge is 2.34. The summed E-state index contributed by atoms with van der Waals surface area (Å²) >= 11 is 0. The predicted molar refractivity (Wildman–Crippen MR) is 100 cm³/mol. The smallest absolute Gasteiger partial charge is 0.380 e. The Labute approximate surface area is 158 Å². The van der Waals surface area contributed by atoms with E-state index in [2.05, 4.69) is 4.90 Å². The molecule has 0 bridgehead atoms. The summed E-state index contributed by atoms with van der Waals surface area (Å²) in [6.45, 7) is 3.07. The van der Waals surface area contributed by atoms with Crippen LogP contribution in [0.2, 0.25) is 0 Å². The van der Waals surface area contributed by atoms with Gasteiger partial charge in [-0.2, -0.15) is 13.2 Å². The molecule has 1 heterocycles. The van der Waals surface area contributed by atoms with Gasteiger partial charge < -0.3 is 10.0 Å². The molecule has 3 rings (SSSR count). The van der Waals surface area contributed by atoms with E-state index in [-0.39, 0.29) is 0 Å². The molecule has 1 fully saturated rings. The van der Waals surface area contributed by atoms with Crippen molar-refractivity contribution in [3.05, 3.63) is 71.3 Å². The molecule has 27 heavy (non-hydrogen) atoms. The number of alkyl halides is 3. The second-order valence-corrected chi connectivity index (χ2v) is 7.31. The molecule has 0 aromatic heterocycles. The molecular weight excluding hydrogens is 351 g/mol. The maximum atomic E-state index is 12.9. The Morgan fingerprint density at radius 1 is 0.778 bits per heavy atom. The minimum atomic E-state index is -4.38. The first-order chi connectivity index (χ1) is 12.9. The van der Waals surface area contributed by atoms with E-state index in [0.717, 1.165) is 38.2 Å². The number of halogens is 3. The molecule has 1 atom stereocenters. The zero-order valence-electron chi connectivity index (χ0n) is 15.4. The molecule has 146 valence electrons. The van der Waals surface area contributed by atoms with Crippen molar-refractivity contribution in [3.8, 4) is 0 Å². The summed E-state index contributed by atoms with van der Waals surface area (Å²) in [5.41, 5.74) is -0.778. The van der Waals surface area contributed by atoms with Gasteiger partial charge in [-0.25, -0.2) is 0 Å². The molecular formula is C22H26F3NO. The molecule has 0 saturated carbocycles. The third-order valence-corrected chi connectivity index (χ3v) is 5.40. The van der Waals surface area contributed by atoms with Crippen molar-refractivity contribution in [3.63, 3.8) is 0 Å². The van der Waals surface area contributed by atoms with Gasteiger partial charge in [-0.15, -0.1) is 0 Å². The van der Waals surface area contributed by atoms with E-state index >= 15 is 0 Å². The van der Waals surface area contributed by atoms with Gasteiger partial charge in [0.25, 0.3) is 0 Å². The van der Waals surface area contributed by atoms with Crippen LogP contribution in [0.4, 0.5) is 13.2 Å². The van der Waals surface area contributed by atoms with E-state index in [4.69, 9.17) is 0 Å². The molecule has 2 aromatic rings. The Hall–Kier alpha value is -1.85. The van der Waals surface area contributed by atoms with Crippen LogP contribution in [0.1, 0.15) is 48.8 Å². The van der Waals surface area contributed by atoms with Gasteiger partial charge in [0.15, 0.2) is 0 Å². The largest absolute Gasteiger partial charge is 0.416 e. The Balaban J connectivity index is 1.80. The van der Waals surface area contributed by atoms with E-state index in [1.54, 1.807) is 0 Å². The number of hydrogen-bond acceptors (Lipinski definition) is 2. The number of benzene rings is 2. The van der Waals surface area contributed by atoms with E-state index in [0.29, 0.717) is 17.5 Å². The van der Waals surface area contributed by atoms with Crippen molar-refractivity contribution in [1.29, 1.82) is 0 Å². The topological polar surface area (TPSA) is 23.5 Å². The van der Waals surface area contributed by atoms with Gasteiger partial charge in [-0.1, -0.05) is 48.9 Å². The third-order valence-electron chi connectivity index (χ3n) is 5.40. The average Bonchev–Trinajstić information content (AvgIpc) is 2.69. The van der Waals surface area contributed by atoms with Crippen LogP contribution < -0.4 is 0 Å². The predicted octanol–water partition coefficient (Wildman–Crippen LogP) is 5.21. The van der Waals surface area contributed by atoms with Crippen molar-refractivity contribution in [2.75, 3.05) is 19.6 Å². The van der Waals surface area contributed by atoms with Crippen LogP contribution in [0.5, 0.6) is 0 Å². The lowest BCUT2D eigenvalue weighted by Gasteiger charge is -2.32. The van der Waals surface area contributed by atoms with E-state index in [9.17, 15) is 18.3 Å². The molecule has 0 amide bonds. The number of nitrogens with zero attached hydrogens (tertiary/aromatic N) is 1. The summed E-state index contributed by atoms with van der Waals surface area (Å²) in [6, 6.07) is 14.1. The first-order valence-corrected chi connectivity index (χ1v) is 9.57. The summed E-state index contributed by atoms with van der Waals surface area (Å²) in [5.74, 6) is 0. The molecule has 0 aliphatic carbocycles. The quantitative estimate of drug-likeness (QED) is 0.747. The van der Waals surface area contributed by atoms with Gasteiger partial charge in [-0.05, 0) is 68.6 Å². The number of aliphatic hydroxyl groups is 1. The fraction of sp³-hybridized carbons (Fsp3) is 0.455. The van der Waals surface area contributed by atoms with Crippen LogP contribution in [0.3, 0.4) is 0 Å². The lowest BCUT2D eigenvalue weighted by Crippen LogP contribution is -2.33. The molecule has 0 radical (unpaired) electrons. The maximum absolute atomic E-state index is 12.9. The second-order valence-electron chi connectivity index (χ2n) is 7.31. The van der Waals surface area contributed by atoms with Crippen LogP contribution >= 0.6 is 0 Å². The zero-order valence-corrected chi connectivity index (χ0v) is 15.4. The van der Waals surface area contributed by atoms with Crippen molar-refractivity contribution in [1.82, 2.24) is 4.90 Å². The fourth-order valence-corrected chi connectivity index (χ4v) is 3.85. The minimum absolute atomic E-state index is 0.471. The van der Waals surface area contributed by atoms with Gasteiger partial charge in [0, 0.05) is 0 Å². The standard InChI is InChI=1S/C22H26F3NO/c23-22(24,25)20-12-10-19(11-13-20)21(27,18-8-3-1-4-9-18)14-7-17-26-15-5-2-6-16-26/h1,3-4,8-13,27H,2,5-7,14-17H2/t21-/m1/s1. The molecule has 2 aromatic carbocycles. The van der Waals surface area contributed by atoms with Crippen LogP contribution in [-0.4, -0.2) is 29.6 Å². The van der Waals surface area contributed by atoms with Gasteiger partial charge in [0.1, 0.15) is 5.60 Å². The van der Waals surface area contributed by atoms with Crippen molar-refractivity contribution < 1.29 is 18.3 Å². The molecule has 1 N–H and O–H groups in total. The van der Waals surface area contributed by atoms with Crippen LogP contribution in [0.15, 0.2) is 54.6 Å². The summed E-state index contributed by atoms with van der Waals surface area (Å²) in [6.07, 6.45) is 0.572. The lowest BCUT2D eigenvalue weighted by molar-refractivity contribution is -0.137. The second kappa shape index (κ2) is 8.44. The number of hydrogen-bond donors (Lipinski definition) is 1. The SMILES string of the molecule is O[C@](CCCN1CCCCC1)(c1ccccc1)c1ccc(C(F)(F)F)cc1. The third kappa shape index (κ3) is 4.90. The lowest BCUT2D eigenvalue weighted by atomic mass is 9.82. The average molecular weight is 377 g/mol. The van der Waals surface area contributed by atoms with E-state index in [1.165, 1.54) is 31.4 Å². The van der Waals surface area contributed by atoms with Gasteiger partial charge in [-0.3, -0.25) is 0 Å². The highest BCUT2D eigenvalue weighted by molar-refractivity contribution is 5.37. The Bertz CT molecular complexity index is 709. The molecule has 0 spiro atoms. The van der Waals surface area contributed by atoms with Crippen molar-refractivity contribution >= 4 is 0 Å². The summed E-state index contributed by atoms with van der Waals surface area (Å²) in [5, 5.41) is 11.5.